The van der Waals surface area contributed by atoms with E-state index < -0.39 is 11.2 Å². The number of ether oxygens (including phenoxy) is 2. The van der Waals surface area contributed by atoms with Crippen molar-refractivity contribution in [2.24, 2.45) is 16.1 Å². The Morgan fingerprint density at radius 1 is 1.12 bits per heavy atom. The molecule has 0 bridgehead atoms. The van der Waals surface area contributed by atoms with E-state index in [-0.39, 0.29) is 41.6 Å². The Morgan fingerprint density at radius 2 is 1.88 bits per heavy atom. The lowest BCUT2D eigenvalue weighted by atomic mass is 9.86. The number of thioether (sulfide) groups is 2. The van der Waals surface area contributed by atoms with Crippen molar-refractivity contribution in [3.8, 4) is 5.75 Å². The molecule has 3 atom stereocenters. The second-order valence-corrected chi connectivity index (χ2v) is 12.5. The molecule has 1 fully saturated rings. The fraction of sp³-hybridized carbons (Fsp3) is 0.286. The topological polar surface area (TPSA) is 151 Å². The summed E-state index contributed by atoms with van der Waals surface area (Å²) in [5.74, 6) is 0.181. The average Bonchev–Trinajstić information content (AvgIpc) is 3.53. The monoisotopic (exact) mass is 625 g/mol. The normalized spacial score (nSPS) is 20.8. The van der Waals surface area contributed by atoms with E-state index >= 15 is 0 Å². The van der Waals surface area contributed by atoms with E-state index in [0.717, 1.165) is 33.0 Å². The van der Waals surface area contributed by atoms with Crippen LogP contribution >= 0.6 is 34.9 Å². The number of nitrogens with one attached hydrogen (secondary N) is 3. The van der Waals surface area contributed by atoms with Gasteiger partial charge in [0.15, 0.2) is 5.17 Å². The number of esters is 1. The first-order valence-corrected chi connectivity index (χ1v) is 15.7. The Bertz CT molecular complexity index is 1580. The highest BCUT2D eigenvalue weighted by Crippen LogP contribution is 2.44. The number of thiazole rings is 1. The molecular weight excluding hydrogens is 599 g/mol. The van der Waals surface area contributed by atoms with Gasteiger partial charge in [0.25, 0.3) is 0 Å². The fourth-order valence-electron chi connectivity index (χ4n) is 4.49. The Balaban J connectivity index is 1.21. The minimum absolute atomic E-state index is 0.0504. The molecule has 14 heteroatoms. The number of carbonyl (C=O) groups excluding carboxylic acids is 3. The Labute approximate surface area is 253 Å². The van der Waals surface area contributed by atoms with Crippen LogP contribution in [0.1, 0.15) is 40.1 Å². The van der Waals surface area contributed by atoms with Gasteiger partial charge < -0.3 is 25.1 Å². The van der Waals surface area contributed by atoms with Crippen molar-refractivity contribution in [2.75, 3.05) is 24.8 Å². The molecule has 2 aliphatic rings. The van der Waals surface area contributed by atoms with Gasteiger partial charge in [0.05, 0.1) is 24.3 Å². The molecule has 0 saturated carbocycles. The van der Waals surface area contributed by atoms with E-state index in [0.29, 0.717) is 22.2 Å². The quantitative estimate of drug-likeness (QED) is 0.183. The maximum Gasteiger partial charge on any atom is 0.338 e. The first-order chi connectivity index (χ1) is 20.3. The van der Waals surface area contributed by atoms with E-state index in [2.05, 4.69) is 25.8 Å². The first-order valence-electron chi connectivity index (χ1n) is 13.0. The third-order valence-corrected chi connectivity index (χ3v) is 9.81. The van der Waals surface area contributed by atoms with Gasteiger partial charge in [-0.05, 0) is 48.9 Å². The number of nitrogens with zero attached hydrogens (tertiary/aromatic N) is 2. The standard InChI is InChI=1S/C28H27N5O6S3/c1-3-39-26(36)16-4-8-18(9-5-16)30-21(34)12-20-24(35)31-27(41-20)33-29-13-17-14-40-25-23(42-28(37)32-25)22(17)15-6-10-19(38-2)11-7-15/h4-11,13,17,20,22H,3,12,14H2,1-2H3,(H,30,34)(H,32,37)(H,31,33,35)/b29-13-/t17-,20-,22-/m1/s1. The zero-order valence-corrected chi connectivity index (χ0v) is 25.1. The van der Waals surface area contributed by atoms with E-state index in [4.69, 9.17) is 9.47 Å². The molecule has 11 nitrogen and oxygen atoms in total. The molecule has 2 aliphatic heterocycles. The maximum atomic E-state index is 12.6. The Kier molecular flexibility index (Phi) is 9.45. The summed E-state index contributed by atoms with van der Waals surface area (Å²) < 4.78 is 10.2. The summed E-state index contributed by atoms with van der Waals surface area (Å²) in [4.78, 5) is 52.8. The number of rotatable bonds is 9. The van der Waals surface area contributed by atoms with Gasteiger partial charge >= 0.3 is 10.8 Å². The van der Waals surface area contributed by atoms with Crippen molar-refractivity contribution in [3.05, 3.63) is 74.2 Å². The lowest BCUT2D eigenvalue weighted by Gasteiger charge is -2.28. The highest BCUT2D eigenvalue weighted by atomic mass is 32.2. The van der Waals surface area contributed by atoms with E-state index in [1.807, 2.05) is 24.3 Å². The van der Waals surface area contributed by atoms with Crippen LogP contribution in [0.4, 0.5) is 5.69 Å². The van der Waals surface area contributed by atoms with Crippen molar-refractivity contribution in [2.45, 2.75) is 29.5 Å². The van der Waals surface area contributed by atoms with Crippen LogP contribution in [0, 0.1) is 5.92 Å². The SMILES string of the molecule is CCOC(=O)c1ccc(NC(=O)C[C@H]2S/C(=N\N=C/[C@@H]3CSc4[nH]c(=O)sc4[C@@H]3c3ccc(OC)cc3)NC2=O)cc1. The summed E-state index contributed by atoms with van der Waals surface area (Å²) in [5, 5.41) is 14.4. The predicted octanol–water partition coefficient (Wildman–Crippen LogP) is 4.08. The van der Waals surface area contributed by atoms with Crippen molar-refractivity contribution in [3.63, 3.8) is 0 Å². The summed E-state index contributed by atoms with van der Waals surface area (Å²) in [6, 6.07) is 14.1. The third-order valence-electron chi connectivity index (χ3n) is 6.48. The highest BCUT2D eigenvalue weighted by Gasteiger charge is 2.34. The molecular formula is C28H27N5O6S3. The zero-order chi connectivity index (χ0) is 29.6. The first kappa shape index (κ1) is 29.6. The zero-order valence-electron chi connectivity index (χ0n) is 22.6. The molecule has 5 rings (SSSR count). The summed E-state index contributed by atoms with van der Waals surface area (Å²) in [6.45, 7) is 2.00. The molecule has 3 aromatic rings. The van der Waals surface area contributed by atoms with Gasteiger partial charge in [-0.3, -0.25) is 14.4 Å². The van der Waals surface area contributed by atoms with Crippen molar-refractivity contribution >= 4 is 69.7 Å². The Morgan fingerprint density at radius 3 is 2.60 bits per heavy atom. The number of hydrogen-bond acceptors (Lipinski definition) is 11. The number of amidine groups is 1. The molecule has 0 aliphatic carbocycles. The molecule has 2 amide bonds. The second-order valence-electron chi connectivity index (χ2n) is 9.25. The maximum absolute atomic E-state index is 12.6. The number of benzene rings is 2. The minimum Gasteiger partial charge on any atom is -0.497 e. The second kappa shape index (κ2) is 13.4. The van der Waals surface area contributed by atoms with Crippen LogP contribution in [0.3, 0.4) is 0 Å². The van der Waals surface area contributed by atoms with Crippen LogP contribution in [0.2, 0.25) is 0 Å². The average molecular weight is 626 g/mol. The lowest BCUT2D eigenvalue weighted by molar-refractivity contribution is -0.122. The third kappa shape index (κ3) is 6.94. The van der Waals surface area contributed by atoms with E-state index in [1.165, 1.54) is 11.3 Å². The summed E-state index contributed by atoms with van der Waals surface area (Å²) in [6.07, 6.45) is 1.68. The smallest absolute Gasteiger partial charge is 0.338 e. The van der Waals surface area contributed by atoms with Crippen molar-refractivity contribution in [1.82, 2.24) is 10.3 Å². The lowest BCUT2D eigenvalue weighted by Crippen LogP contribution is -2.28. The molecule has 0 spiro atoms. The fourth-order valence-corrected chi connectivity index (χ4v) is 7.79. The van der Waals surface area contributed by atoms with Gasteiger partial charge in [0.1, 0.15) is 11.0 Å². The van der Waals surface area contributed by atoms with Crippen LogP contribution in [-0.2, 0) is 14.3 Å². The molecule has 42 heavy (non-hydrogen) atoms. The van der Waals surface area contributed by atoms with Crippen LogP contribution in [0.5, 0.6) is 5.75 Å². The number of methoxy groups -OCH3 is 1. The number of amides is 2. The Hall–Kier alpha value is -3.88. The molecule has 2 aromatic carbocycles. The number of fused-ring (bicyclic) bond motifs is 1. The van der Waals surface area contributed by atoms with Crippen LogP contribution in [0.15, 0.2) is 68.6 Å². The minimum atomic E-state index is -0.658. The summed E-state index contributed by atoms with van der Waals surface area (Å²) in [7, 11) is 1.61. The number of H-pyrrole nitrogens is 1. The number of aromatic nitrogens is 1. The molecule has 0 radical (unpaired) electrons. The number of aromatic amines is 1. The van der Waals surface area contributed by atoms with Gasteiger partial charge in [0, 0.05) is 40.8 Å². The van der Waals surface area contributed by atoms with Gasteiger partial charge in [-0.1, -0.05) is 35.2 Å². The highest BCUT2D eigenvalue weighted by molar-refractivity contribution is 8.15. The molecule has 3 N–H and O–H groups in total. The van der Waals surface area contributed by atoms with Crippen molar-refractivity contribution < 1.29 is 23.9 Å². The summed E-state index contributed by atoms with van der Waals surface area (Å²) in [5.41, 5.74) is 1.91. The van der Waals surface area contributed by atoms with Crippen LogP contribution < -0.4 is 20.2 Å². The molecule has 1 aromatic heterocycles. The van der Waals surface area contributed by atoms with Gasteiger partial charge in [-0.2, -0.15) is 5.10 Å². The number of anilines is 1. The van der Waals surface area contributed by atoms with Crippen LogP contribution in [-0.4, -0.2) is 58.9 Å². The van der Waals surface area contributed by atoms with Gasteiger partial charge in [-0.15, -0.1) is 16.9 Å². The molecule has 3 heterocycles. The largest absolute Gasteiger partial charge is 0.497 e. The molecule has 218 valence electrons. The number of hydrogen-bond donors (Lipinski definition) is 3. The van der Waals surface area contributed by atoms with Crippen molar-refractivity contribution in [1.29, 1.82) is 0 Å². The molecule has 1 saturated heterocycles. The van der Waals surface area contributed by atoms with E-state index in [9.17, 15) is 19.2 Å². The molecule has 0 unspecified atom stereocenters. The summed E-state index contributed by atoms with van der Waals surface area (Å²) >= 11 is 3.90. The van der Waals surface area contributed by atoms with Crippen LogP contribution in [0.25, 0.3) is 0 Å². The van der Waals surface area contributed by atoms with Gasteiger partial charge in [-0.25, -0.2) is 4.79 Å². The van der Waals surface area contributed by atoms with Gasteiger partial charge in [0.2, 0.25) is 11.8 Å². The predicted molar refractivity (Wildman–Crippen MR) is 165 cm³/mol. The van der Waals surface area contributed by atoms with E-state index in [1.54, 1.807) is 56.3 Å². The number of carbonyl (C=O) groups is 3.